The van der Waals surface area contributed by atoms with Crippen LogP contribution in [0.15, 0.2) is 59.8 Å². The molecule has 0 atom stereocenters. The zero-order chi connectivity index (χ0) is 23.3. The SMILES string of the molecule is Cc1[nH]c2ccccc2c1C(=O)NC1CCC(/C(=N\OC2CCOCC2)c2ccccc2)CC1. The monoisotopic (exact) mass is 459 g/mol. The molecule has 6 nitrogen and oxygen atoms in total. The number of hydrogen-bond donors (Lipinski definition) is 2. The van der Waals surface area contributed by atoms with Gasteiger partial charge in [-0.3, -0.25) is 4.79 Å². The minimum absolute atomic E-state index is 0.0122. The molecule has 2 heterocycles. The lowest BCUT2D eigenvalue weighted by Crippen LogP contribution is -2.39. The Hall–Kier alpha value is -3.12. The number of carbonyl (C=O) groups excluding carboxylic acids is 1. The summed E-state index contributed by atoms with van der Waals surface area (Å²) in [6.45, 7) is 3.44. The fraction of sp³-hybridized carbons (Fsp3) is 0.429. The van der Waals surface area contributed by atoms with E-state index in [0.29, 0.717) is 5.92 Å². The molecule has 0 spiro atoms. The molecular weight excluding hydrogens is 426 g/mol. The summed E-state index contributed by atoms with van der Waals surface area (Å²) in [5, 5.41) is 8.96. The number of oxime groups is 1. The normalized spacial score (nSPS) is 22.0. The number of para-hydroxylation sites is 1. The first-order valence-electron chi connectivity index (χ1n) is 12.4. The van der Waals surface area contributed by atoms with Gasteiger partial charge in [0.25, 0.3) is 5.91 Å². The third-order valence-electron chi connectivity index (χ3n) is 7.11. The van der Waals surface area contributed by atoms with Crippen LogP contribution in [0.4, 0.5) is 0 Å². The first-order chi connectivity index (χ1) is 16.7. The van der Waals surface area contributed by atoms with Crippen LogP contribution in [0.1, 0.15) is 60.1 Å². The molecule has 1 aliphatic heterocycles. The van der Waals surface area contributed by atoms with E-state index in [9.17, 15) is 4.79 Å². The van der Waals surface area contributed by atoms with Crippen molar-refractivity contribution in [2.75, 3.05) is 13.2 Å². The van der Waals surface area contributed by atoms with Crippen molar-refractivity contribution in [3.8, 4) is 0 Å². The standard InChI is InChI=1S/C28H33N3O3/c1-19-26(24-9-5-6-10-25(24)29-19)28(32)30-22-13-11-21(12-14-22)27(20-7-3-2-4-8-20)31-34-23-15-17-33-18-16-23/h2-10,21-23,29H,11-18H2,1H3,(H,30,32)/b31-27-. The Balaban J connectivity index is 1.25. The van der Waals surface area contributed by atoms with E-state index in [-0.39, 0.29) is 18.1 Å². The van der Waals surface area contributed by atoms with Gasteiger partial charge in [0.1, 0.15) is 6.10 Å². The van der Waals surface area contributed by atoms with Gasteiger partial charge in [-0.1, -0.05) is 53.7 Å². The van der Waals surface area contributed by atoms with Gasteiger partial charge in [0.15, 0.2) is 0 Å². The van der Waals surface area contributed by atoms with Gasteiger partial charge >= 0.3 is 0 Å². The summed E-state index contributed by atoms with van der Waals surface area (Å²) < 4.78 is 5.44. The minimum Gasteiger partial charge on any atom is -0.392 e. The van der Waals surface area contributed by atoms with Crippen LogP contribution in [0.2, 0.25) is 0 Å². The van der Waals surface area contributed by atoms with Crippen LogP contribution >= 0.6 is 0 Å². The lowest BCUT2D eigenvalue weighted by Gasteiger charge is -2.30. The van der Waals surface area contributed by atoms with E-state index in [0.717, 1.165) is 85.2 Å². The average Bonchev–Trinajstić information content (AvgIpc) is 3.22. The molecule has 2 aromatic carbocycles. The summed E-state index contributed by atoms with van der Waals surface area (Å²) in [4.78, 5) is 22.4. The molecule has 1 saturated heterocycles. The van der Waals surface area contributed by atoms with Gasteiger partial charge < -0.3 is 19.9 Å². The van der Waals surface area contributed by atoms with Gasteiger partial charge in [-0.05, 0) is 44.2 Å². The molecule has 2 aliphatic rings. The number of hydrogen-bond acceptors (Lipinski definition) is 4. The Kier molecular flexibility index (Phi) is 6.95. The molecule has 1 saturated carbocycles. The highest BCUT2D eigenvalue weighted by molar-refractivity contribution is 6.08. The second-order valence-electron chi connectivity index (χ2n) is 9.45. The fourth-order valence-corrected chi connectivity index (χ4v) is 5.22. The van der Waals surface area contributed by atoms with Gasteiger partial charge in [0.05, 0.1) is 24.5 Å². The molecule has 0 radical (unpaired) electrons. The molecule has 0 unspecified atom stereocenters. The highest BCUT2D eigenvalue weighted by Gasteiger charge is 2.28. The molecule has 5 rings (SSSR count). The molecular formula is C28H33N3O3. The van der Waals surface area contributed by atoms with Crippen molar-refractivity contribution in [2.24, 2.45) is 11.1 Å². The number of benzene rings is 2. The van der Waals surface area contributed by atoms with E-state index in [1.165, 1.54) is 0 Å². The molecule has 3 aromatic rings. The molecule has 34 heavy (non-hydrogen) atoms. The highest BCUT2D eigenvalue weighted by atomic mass is 16.6. The minimum atomic E-state index is 0.0122. The third-order valence-corrected chi connectivity index (χ3v) is 7.11. The summed E-state index contributed by atoms with van der Waals surface area (Å²) in [6, 6.07) is 18.5. The maximum absolute atomic E-state index is 13.1. The topological polar surface area (TPSA) is 75.7 Å². The number of nitrogens with one attached hydrogen (secondary N) is 2. The summed E-state index contributed by atoms with van der Waals surface area (Å²) >= 11 is 0. The lowest BCUT2D eigenvalue weighted by molar-refractivity contribution is -0.0304. The van der Waals surface area contributed by atoms with Gasteiger partial charge in [-0.25, -0.2) is 0 Å². The van der Waals surface area contributed by atoms with Crippen LogP contribution in [0, 0.1) is 12.8 Å². The maximum Gasteiger partial charge on any atom is 0.253 e. The number of amides is 1. The smallest absolute Gasteiger partial charge is 0.253 e. The third kappa shape index (κ3) is 5.02. The van der Waals surface area contributed by atoms with Crippen molar-refractivity contribution in [3.63, 3.8) is 0 Å². The Morgan fingerprint density at radius 2 is 1.68 bits per heavy atom. The second kappa shape index (κ2) is 10.4. The summed E-state index contributed by atoms with van der Waals surface area (Å²) in [6.07, 6.45) is 5.71. The predicted octanol–water partition coefficient (Wildman–Crippen LogP) is 5.36. The van der Waals surface area contributed by atoms with Gasteiger partial charge in [0, 0.05) is 41.4 Å². The Bertz CT molecular complexity index is 1140. The van der Waals surface area contributed by atoms with Crippen LogP contribution in [-0.4, -0.2) is 42.0 Å². The molecule has 1 aromatic heterocycles. The summed E-state index contributed by atoms with van der Waals surface area (Å²) in [5.74, 6) is 0.336. The molecule has 0 bridgehead atoms. The largest absolute Gasteiger partial charge is 0.392 e. The molecule has 1 amide bonds. The number of aryl methyl sites for hydroxylation is 1. The van der Waals surface area contributed by atoms with Crippen LogP contribution < -0.4 is 5.32 Å². The molecule has 6 heteroatoms. The van der Waals surface area contributed by atoms with Gasteiger partial charge in [0.2, 0.25) is 0 Å². The summed E-state index contributed by atoms with van der Waals surface area (Å²) in [7, 11) is 0. The highest BCUT2D eigenvalue weighted by Crippen LogP contribution is 2.30. The lowest BCUT2D eigenvalue weighted by atomic mass is 9.81. The zero-order valence-corrected chi connectivity index (χ0v) is 19.8. The number of rotatable bonds is 6. The molecule has 1 aliphatic carbocycles. The van der Waals surface area contributed by atoms with E-state index < -0.39 is 0 Å². The van der Waals surface area contributed by atoms with E-state index in [1.807, 2.05) is 37.3 Å². The van der Waals surface area contributed by atoms with Crippen molar-refractivity contribution in [2.45, 2.75) is 57.6 Å². The number of nitrogens with zero attached hydrogens (tertiary/aromatic N) is 1. The molecule has 178 valence electrons. The fourth-order valence-electron chi connectivity index (χ4n) is 5.22. The van der Waals surface area contributed by atoms with Crippen molar-refractivity contribution in [1.82, 2.24) is 10.3 Å². The number of aromatic amines is 1. The Morgan fingerprint density at radius 3 is 2.44 bits per heavy atom. The van der Waals surface area contributed by atoms with E-state index >= 15 is 0 Å². The van der Waals surface area contributed by atoms with Crippen molar-refractivity contribution in [3.05, 3.63) is 71.4 Å². The number of fused-ring (bicyclic) bond motifs is 1. The molecule has 2 fully saturated rings. The van der Waals surface area contributed by atoms with Crippen molar-refractivity contribution >= 4 is 22.5 Å². The van der Waals surface area contributed by atoms with Crippen LogP contribution in [0.5, 0.6) is 0 Å². The number of carbonyl (C=O) groups is 1. The van der Waals surface area contributed by atoms with E-state index in [4.69, 9.17) is 9.57 Å². The van der Waals surface area contributed by atoms with Crippen LogP contribution in [0.25, 0.3) is 10.9 Å². The quantitative estimate of drug-likeness (QED) is 0.385. The first kappa shape index (κ1) is 22.7. The van der Waals surface area contributed by atoms with Gasteiger partial charge in [-0.15, -0.1) is 0 Å². The number of aromatic nitrogens is 1. The Labute approximate surface area is 200 Å². The van der Waals surface area contributed by atoms with E-state index in [2.05, 4.69) is 39.7 Å². The predicted molar refractivity (Wildman–Crippen MR) is 134 cm³/mol. The maximum atomic E-state index is 13.1. The Morgan fingerprint density at radius 1 is 0.971 bits per heavy atom. The number of H-pyrrole nitrogens is 1. The van der Waals surface area contributed by atoms with Crippen molar-refractivity contribution < 1.29 is 14.4 Å². The van der Waals surface area contributed by atoms with Crippen LogP contribution in [0.3, 0.4) is 0 Å². The first-order valence-corrected chi connectivity index (χ1v) is 12.4. The van der Waals surface area contributed by atoms with E-state index in [1.54, 1.807) is 0 Å². The number of ether oxygens (including phenoxy) is 1. The van der Waals surface area contributed by atoms with Crippen molar-refractivity contribution in [1.29, 1.82) is 0 Å². The van der Waals surface area contributed by atoms with Gasteiger partial charge in [-0.2, -0.15) is 0 Å². The second-order valence-corrected chi connectivity index (χ2v) is 9.45. The zero-order valence-electron chi connectivity index (χ0n) is 19.8. The average molecular weight is 460 g/mol. The summed E-state index contributed by atoms with van der Waals surface area (Å²) in [5.41, 5.74) is 4.83. The molecule has 2 N–H and O–H groups in total. The van der Waals surface area contributed by atoms with Crippen LogP contribution in [-0.2, 0) is 9.57 Å².